The van der Waals surface area contributed by atoms with E-state index in [2.05, 4.69) is 50.1 Å². The van der Waals surface area contributed by atoms with Gasteiger partial charge in [-0.1, -0.05) is 40.2 Å². The van der Waals surface area contributed by atoms with Crippen LogP contribution in [0.2, 0.25) is 0 Å². The van der Waals surface area contributed by atoms with Crippen molar-refractivity contribution in [3.05, 3.63) is 64.3 Å². The highest BCUT2D eigenvalue weighted by Crippen LogP contribution is 2.13. The molecule has 1 fully saturated rings. The summed E-state index contributed by atoms with van der Waals surface area (Å²) in [5.74, 6) is 0.559. The summed E-state index contributed by atoms with van der Waals surface area (Å²) in [6.45, 7) is 4.27. The Kier molecular flexibility index (Phi) is 7.01. The van der Waals surface area contributed by atoms with E-state index in [1.165, 1.54) is 5.56 Å². The minimum atomic E-state index is 0.0393. The Morgan fingerprint density at radius 3 is 2.67 bits per heavy atom. The number of amides is 1. The Bertz CT molecular complexity index is 775. The highest BCUT2D eigenvalue weighted by atomic mass is 79.9. The van der Waals surface area contributed by atoms with Crippen molar-refractivity contribution >= 4 is 27.9 Å². The van der Waals surface area contributed by atoms with Gasteiger partial charge >= 0.3 is 0 Å². The summed E-state index contributed by atoms with van der Waals surface area (Å²) >= 11 is 3.45. The quantitative estimate of drug-likeness (QED) is 0.726. The molecule has 1 aliphatic heterocycles. The zero-order chi connectivity index (χ0) is 19.1. The van der Waals surface area contributed by atoms with Gasteiger partial charge in [-0.05, 0) is 30.2 Å². The van der Waals surface area contributed by atoms with Crippen molar-refractivity contribution in [3.63, 3.8) is 0 Å². The molecule has 1 saturated heterocycles. The number of carbonyl (C=O) groups is 1. The monoisotopic (exact) mass is 429 g/mol. The molecular formula is C21H24BrN3O2. The van der Waals surface area contributed by atoms with Crippen LogP contribution in [0.4, 0.5) is 0 Å². The summed E-state index contributed by atoms with van der Waals surface area (Å²) in [7, 11) is 1.57. The first-order valence-corrected chi connectivity index (χ1v) is 9.89. The van der Waals surface area contributed by atoms with Gasteiger partial charge in [0.15, 0.2) is 0 Å². The summed E-state index contributed by atoms with van der Waals surface area (Å²) in [5, 5.41) is 0. The predicted octanol–water partition coefficient (Wildman–Crippen LogP) is 3.71. The molecule has 6 heteroatoms. The van der Waals surface area contributed by atoms with Gasteiger partial charge in [0.05, 0.1) is 12.7 Å². The van der Waals surface area contributed by atoms with Crippen LogP contribution in [0.25, 0.3) is 6.08 Å². The molecule has 2 heterocycles. The molecular weight excluding hydrogens is 406 g/mol. The number of methoxy groups -OCH3 is 1. The molecule has 0 N–H and O–H groups in total. The molecule has 5 nitrogen and oxygen atoms in total. The van der Waals surface area contributed by atoms with Crippen molar-refractivity contribution in [3.8, 4) is 5.88 Å². The van der Waals surface area contributed by atoms with Gasteiger partial charge in [0.25, 0.3) is 5.91 Å². The summed E-state index contributed by atoms with van der Waals surface area (Å²) < 4.78 is 6.14. The first kappa shape index (κ1) is 19.6. The summed E-state index contributed by atoms with van der Waals surface area (Å²) in [6, 6.07) is 11.8. The van der Waals surface area contributed by atoms with Crippen LogP contribution in [-0.2, 0) is 0 Å². The van der Waals surface area contributed by atoms with E-state index >= 15 is 0 Å². The number of rotatable bonds is 5. The fourth-order valence-electron chi connectivity index (χ4n) is 3.08. The first-order chi connectivity index (χ1) is 13.2. The Morgan fingerprint density at radius 1 is 1.15 bits per heavy atom. The van der Waals surface area contributed by atoms with Crippen LogP contribution in [0.1, 0.15) is 22.3 Å². The zero-order valence-electron chi connectivity index (χ0n) is 15.5. The summed E-state index contributed by atoms with van der Waals surface area (Å²) in [5.41, 5.74) is 1.80. The normalized spacial score (nSPS) is 15.7. The van der Waals surface area contributed by atoms with Crippen LogP contribution in [0.15, 0.2) is 53.1 Å². The molecule has 0 spiro atoms. The van der Waals surface area contributed by atoms with Gasteiger partial charge in [0, 0.05) is 49.5 Å². The lowest BCUT2D eigenvalue weighted by Gasteiger charge is -2.21. The predicted molar refractivity (Wildman–Crippen MR) is 111 cm³/mol. The second-order valence-electron chi connectivity index (χ2n) is 6.49. The van der Waals surface area contributed by atoms with Gasteiger partial charge in [0.2, 0.25) is 5.88 Å². The Morgan fingerprint density at radius 2 is 1.96 bits per heavy atom. The van der Waals surface area contributed by atoms with Crippen molar-refractivity contribution in [2.24, 2.45) is 0 Å². The fraction of sp³-hybridized carbons (Fsp3) is 0.333. The fourth-order valence-corrected chi connectivity index (χ4v) is 3.34. The lowest BCUT2D eigenvalue weighted by Crippen LogP contribution is -2.35. The number of carbonyl (C=O) groups excluding carboxylic acids is 1. The summed E-state index contributed by atoms with van der Waals surface area (Å²) in [4.78, 5) is 21.1. The highest BCUT2D eigenvalue weighted by Gasteiger charge is 2.20. The van der Waals surface area contributed by atoms with Crippen molar-refractivity contribution in [2.75, 3.05) is 39.8 Å². The average Bonchev–Trinajstić information content (AvgIpc) is 2.95. The molecule has 1 amide bonds. The number of nitrogens with zero attached hydrogens (tertiary/aromatic N) is 3. The molecule has 1 aromatic heterocycles. The number of pyridine rings is 1. The molecule has 2 aromatic rings. The zero-order valence-corrected chi connectivity index (χ0v) is 17.1. The van der Waals surface area contributed by atoms with Gasteiger partial charge in [0.1, 0.15) is 0 Å². The van der Waals surface area contributed by atoms with Crippen molar-refractivity contribution in [1.82, 2.24) is 14.8 Å². The van der Waals surface area contributed by atoms with E-state index in [0.29, 0.717) is 11.4 Å². The molecule has 0 atom stereocenters. The van der Waals surface area contributed by atoms with Crippen molar-refractivity contribution in [2.45, 2.75) is 6.42 Å². The molecule has 0 saturated carbocycles. The number of benzene rings is 1. The maximum atomic E-state index is 12.7. The molecule has 0 radical (unpaired) electrons. The number of halogens is 1. The Hall–Kier alpha value is -2.18. The molecule has 0 bridgehead atoms. The largest absolute Gasteiger partial charge is 0.481 e. The first-order valence-electron chi connectivity index (χ1n) is 9.09. The lowest BCUT2D eigenvalue weighted by atomic mass is 10.2. The second-order valence-corrected chi connectivity index (χ2v) is 7.41. The van der Waals surface area contributed by atoms with Gasteiger partial charge in [-0.15, -0.1) is 0 Å². The third kappa shape index (κ3) is 5.65. The van der Waals surface area contributed by atoms with Gasteiger partial charge in [-0.3, -0.25) is 9.69 Å². The minimum absolute atomic E-state index is 0.0393. The van der Waals surface area contributed by atoms with E-state index in [1.54, 1.807) is 25.4 Å². The number of hydrogen-bond acceptors (Lipinski definition) is 4. The minimum Gasteiger partial charge on any atom is -0.481 e. The van der Waals surface area contributed by atoms with Crippen LogP contribution in [0.5, 0.6) is 5.88 Å². The molecule has 1 aromatic carbocycles. The smallest absolute Gasteiger partial charge is 0.255 e. The Labute approximate surface area is 168 Å². The molecule has 27 heavy (non-hydrogen) atoms. The molecule has 0 aliphatic carbocycles. The van der Waals surface area contributed by atoms with Gasteiger partial charge in [-0.25, -0.2) is 4.98 Å². The van der Waals surface area contributed by atoms with Crippen molar-refractivity contribution in [1.29, 1.82) is 0 Å². The second kappa shape index (κ2) is 9.67. The van der Waals surface area contributed by atoms with E-state index in [9.17, 15) is 4.79 Å². The van der Waals surface area contributed by atoms with Crippen LogP contribution >= 0.6 is 15.9 Å². The third-order valence-electron chi connectivity index (χ3n) is 4.61. The van der Waals surface area contributed by atoms with Crippen LogP contribution in [-0.4, -0.2) is 60.5 Å². The van der Waals surface area contributed by atoms with Crippen LogP contribution in [0, 0.1) is 0 Å². The molecule has 3 rings (SSSR count). The van der Waals surface area contributed by atoms with Gasteiger partial charge < -0.3 is 9.64 Å². The maximum Gasteiger partial charge on any atom is 0.255 e. The lowest BCUT2D eigenvalue weighted by molar-refractivity contribution is 0.0761. The average molecular weight is 430 g/mol. The molecule has 1 aliphatic rings. The molecule has 0 unspecified atom stereocenters. The number of aromatic nitrogens is 1. The standard InChI is InChI=1S/C21H24BrN3O2/c1-27-20-10-7-18(16-23-20)21(26)25-13-3-12-24(14-15-25)11-2-4-17-5-8-19(22)9-6-17/h2,4-10,16H,3,11-15H2,1H3/b4-2+. The van der Waals surface area contributed by atoms with Crippen LogP contribution in [0.3, 0.4) is 0 Å². The maximum absolute atomic E-state index is 12.7. The van der Waals surface area contributed by atoms with Crippen LogP contribution < -0.4 is 4.74 Å². The topological polar surface area (TPSA) is 45.7 Å². The van der Waals surface area contributed by atoms with E-state index in [4.69, 9.17) is 4.74 Å². The highest BCUT2D eigenvalue weighted by molar-refractivity contribution is 9.10. The van der Waals surface area contributed by atoms with Gasteiger partial charge in [-0.2, -0.15) is 0 Å². The summed E-state index contributed by atoms with van der Waals surface area (Å²) in [6.07, 6.45) is 6.89. The van der Waals surface area contributed by atoms with E-state index in [0.717, 1.165) is 43.6 Å². The van der Waals surface area contributed by atoms with E-state index < -0.39 is 0 Å². The third-order valence-corrected chi connectivity index (χ3v) is 5.14. The van der Waals surface area contributed by atoms with E-state index in [-0.39, 0.29) is 5.91 Å². The number of ether oxygens (including phenoxy) is 1. The van der Waals surface area contributed by atoms with E-state index in [1.807, 2.05) is 17.0 Å². The number of hydrogen-bond donors (Lipinski definition) is 0. The Balaban J connectivity index is 1.52. The molecule has 142 valence electrons. The van der Waals surface area contributed by atoms with Crippen molar-refractivity contribution < 1.29 is 9.53 Å². The SMILES string of the molecule is COc1ccc(C(=O)N2CCCN(C/C=C/c3ccc(Br)cc3)CC2)cn1.